The number of amides is 1. The molecule has 5 unspecified atom stereocenters. The monoisotopic (exact) mass is 584 g/mol. The summed E-state index contributed by atoms with van der Waals surface area (Å²) in [4.78, 5) is 15.2. The summed E-state index contributed by atoms with van der Waals surface area (Å²) in [5.41, 5.74) is 3.18. The van der Waals surface area contributed by atoms with Gasteiger partial charge in [-0.15, -0.1) is 0 Å². The van der Waals surface area contributed by atoms with Gasteiger partial charge in [-0.25, -0.2) is 0 Å². The molecule has 1 fully saturated rings. The van der Waals surface area contributed by atoms with Crippen LogP contribution in [-0.4, -0.2) is 54.0 Å². The number of halogens is 1. The Hall–Kier alpha value is -1.99. The fraction of sp³-hybridized carbons (Fsp3) is 0.545. The van der Waals surface area contributed by atoms with Crippen molar-refractivity contribution in [3.05, 3.63) is 76.3 Å². The van der Waals surface area contributed by atoms with Crippen LogP contribution in [-0.2, 0) is 6.42 Å². The van der Waals surface area contributed by atoms with E-state index in [1.807, 2.05) is 36.4 Å². The molecule has 7 heteroatoms. The third-order valence-corrected chi connectivity index (χ3v) is 9.83. The fourth-order valence-corrected chi connectivity index (χ4v) is 6.93. The van der Waals surface area contributed by atoms with Crippen molar-refractivity contribution in [3.8, 4) is 5.75 Å². The Balaban J connectivity index is 1.57. The first-order valence-corrected chi connectivity index (χ1v) is 16.1. The molecule has 3 aliphatic rings. The molecule has 2 aliphatic heterocycles. The molecule has 0 radical (unpaired) electrons. The van der Waals surface area contributed by atoms with E-state index in [1.165, 1.54) is 23.1 Å². The van der Waals surface area contributed by atoms with Crippen LogP contribution in [0.3, 0.4) is 0 Å². The first kappa shape index (κ1) is 31.0. The van der Waals surface area contributed by atoms with E-state index in [9.17, 15) is 9.90 Å². The molecule has 0 spiro atoms. The molecule has 2 bridgehead atoms. The van der Waals surface area contributed by atoms with Crippen LogP contribution in [0.1, 0.15) is 79.8 Å². The van der Waals surface area contributed by atoms with Crippen LogP contribution in [0, 0.1) is 11.8 Å². The molecule has 5 rings (SSSR count). The van der Waals surface area contributed by atoms with E-state index in [0.717, 1.165) is 68.8 Å². The van der Waals surface area contributed by atoms with Gasteiger partial charge in [-0.1, -0.05) is 50.1 Å². The number of aliphatic hydroxyl groups excluding tert-OH is 1. The van der Waals surface area contributed by atoms with Crippen LogP contribution < -0.4 is 9.46 Å². The van der Waals surface area contributed by atoms with E-state index in [1.54, 1.807) is 0 Å². The van der Waals surface area contributed by atoms with Gasteiger partial charge in [-0.2, -0.15) is 0 Å². The van der Waals surface area contributed by atoms with Crippen LogP contribution in [0.15, 0.2) is 54.6 Å². The lowest BCUT2D eigenvalue weighted by atomic mass is 9.70. The predicted octanol–water partition coefficient (Wildman–Crippen LogP) is 7.28. The number of ether oxygens (including phenoxy) is 1. The third-order valence-electron chi connectivity index (χ3n) is 8.39. The number of benzene rings is 2. The summed E-state index contributed by atoms with van der Waals surface area (Å²) >= 11 is 7.89. The van der Waals surface area contributed by atoms with Gasteiger partial charge in [-0.05, 0) is 117 Å². The summed E-state index contributed by atoms with van der Waals surface area (Å²) in [6, 6.07) is 13.7. The number of carbonyl (C=O) groups is 1. The van der Waals surface area contributed by atoms with E-state index >= 15 is 0 Å². The molecule has 0 saturated heterocycles. The summed E-state index contributed by atoms with van der Waals surface area (Å²) < 4.78 is 9.36. The van der Waals surface area contributed by atoms with Crippen LogP contribution in [0.4, 0.5) is 0 Å². The lowest BCUT2D eigenvalue weighted by Gasteiger charge is -2.41. The smallest absolute Gasteiger partial charge is 0.261 e. The number of hydrogen-bond acceptors (Lipinski definition) is 5. The Bertz CT molecular complexity index is 1130. The zero-order chi connectivity index (χ0) is 28.5. The molecule has 2 heterocycles. The van der Waals surface area contributed by atoms with Crippen molar-refractivity contribution in [2.75, 3.05) is 26.7 Å². The summed E-state index contributed by atoms with van der Waals surface area (Å²) in [5, 5.41) is 12.0. The minimum absolute atomic E-state index is 0.0900. The summed E-state index contributed by atoms with van der Waals surface area (Å²) in [6.45, 7) is 6.68. The molecular weight excluding hydrogens is 540 g/mol. The van der Waals surface area contributed by atoms with Crippen LogP contribution in [0.5, 0.6) is 5.75 Å². The molecule has 218 valence electrons. The quantitative estimate of drug-likeness (QED) is 0.292. The highest BCUT2D eigenvalue weighted by Gasteiger charge is 2.36. The van der Waals surface area contributed by atoms with Crippen molar-refractivity contribution >= 4 is 29.5 Å². The molecule has 1 amide bonds. The minimum Gasteiger partial charge on any atom is -0.493 e. The Morgan fingerprint density at radius 3 is 2.60 bits per heavy atom. The summed E-state index contributed by atoms with van der Waals surface area (Å²) in [6.07, 6.45) is 10.8. The normalized spacial score (nSPS) is 27.9. The molecule has 5 nitrogen and oxygen atoms in total. The molecule has 1 saturated carbocycles. The molecule has 5 atom stereocenters. The minimum atomic E-state index is -0.402. The van der Waals surface area contributed by atoms with Crippen molar-refractivity contribution in [1.29, 1.82) is 0 Å². The second-order valence-corrected chi connectivity index (χ2v) is 13.0. The second-order valence-electron chi connectivity index (χ2n) is 11.4. The van der Waals surface area contributed by atoms with Gasteiger partial charge in [0, 0.05) is 34.8 Å². The number of aliphatic hydroxyl groups is 1. The first-order valence-electron chi connectivity index (χ1n) is 14.9. The Morgan fingerprint density at radius 1 is 1.10 bits per heavy atom. The third kappa shape index (κ3) is 8.51. The number of allylic oxidation sites excluding steroid dienone is 1. The average Bonchev–Trinajstić information content (AvgIpc) is 2.93. The number of rotatable bonds is 4. The number of nitrogens with one attached hydrogen (secondary N) is 1. The molecule has 2 aromatic carbocycles. The highest BCUT2D eigenvalue weighted by atomic mass is 35.5. The van der Waals surface area contributed by atoms with Gasteiger partial charge in [-0.3, -0.25) is 9.52 Å². The molecule has 2 aromatic rings. The highest BCUT2D eigenvalue weighted by Crippen LogP contribution is 2.38. The number of likely N-dealkylation sites (N-methyl/N-ethyl adjacent to an activating group) is 1. The van der Waals surface area contributed by atoms with Crippen molar-refractivity contribution in [3.63, 3.8) is 0 Å². The maximum Gasteiger partial charge on any atom is 0.261 e. The van der Waals surface area contributed by atoms with Gasteiger partial charge in [0.2, 0.25) is 0 Å². The zero-order valence-electron chi connectivity index (χ0n) is 24.2. The average molecular weight is 585 g/mol. The number of hydrogen-bond donors (Lipinski definition) is 2. The number of carbonyl (C=O) groups excluding carboxylic acids is 1. The molecule has 0 aromatic heterocycles. The van der Waals surface area contributed by atoms with Crippen molar-refractivity contribution in [2.45, 2.75) is 76.1 Å². The summed E-state index contributed by atoms with van der Waals surface area (Å²) in [5.74, 6) is 1.62. The predicted molar refractivity (Wildman–Crippen MR) is 167 cm³/mol. The molecular formula is C33H45ClN2O3S. The SMILES string of the molecule is CCCc1cc(Cl)ccc1C1COc2ccc(cc2)C(=O)NSC(CC)CC/C=C/C(O)C2CCC2CN(C)C1. The second kappa shape index (κ2) is 15.3. The number of fused-ring (bicyclic) bond motifs is 14. The lowest BCUT2D eigenvalue weighted by Crippen LogP contribution is -2.42. The number of nitrogens with zero attached hydrogens (tertiary/aromatic N) is 1. The largest absolute Gasteiger partial charge is 0.493 e. The van der Waals surface area contributed by atoms with Gasteiger partial charge in [0.05, 0.1) is 12.7 Å². The van der Waals surface area contributed by atoms with E-state index < -0.39 is 6.10 Å². The lowest BCUT2D eigenvalue weighted by molar-refractivity contribution is 0.0246. The van der Waals surface area contributed by atoms with E-state index in [4.69, 9.17) is 16.3 Å². The Morgan fingerprint density at radius 2 is 1.90 bits per heavy atom. The Labute approximate surface area is 249 Å². The zero-order valence-corrected chi connectivity index (χ0v) is 25.7. The van der Waals surface area contributed by atoms with Gasteiger partial charge >= 0.3 is 0 Å². The maximum absolute atomic E-state index is 12.8. The highest BCUT2D eigenvalue weighted by molar-refractivity contribution is 7.98. The molecule has 40 heavy (non-hydrogen) atoms. The van der Waals surface area contributed by atoms with Crippen LogP contribution in [0.2, 0.25) is 5.02 Å². The molecule has 2 N–H and O–H groups in total. The van der Waals surface area contributed by atoms with Gasteiger partial charge in [0.1, 0.15) is 5.75 Å². The van der Waals surface area contributed by atoms with E-state index in [-0.39, 0.29) is 11.8 Å². The standard InChI is InChI=1S/C33H45ClN2O3S/c1-4-8-24-19-27(34)14-18-30(24)26-21-36(3)20-25-13-17-31(25)32(37)10-7-6-9-29(5-2)40-35-33(38)23-11-15-28(16-12-23)39-22-26/h7,10-12,14-16,18-19,25-26,29,31-32,37H,4-6,8-9,13,17,20-22H2,1-3H3,(H,35,38)/b10-7+. The van der Waals surface area contributed by atoms with E-state index in [0.29, 0.717) is 29.3 Å². The van der Waals surface area contributed by atoms with Gasteiger partial charge < -0.3 is 14.7 Å². The summed E-state index contributed by atoms with van der Waals surface area (Å²) in [7, 11) is 2.19. The maximum atomic E-state index is 12.8. The van der Waals surface area contributed by atoms with Crippen LogP contribution >= 0.6 is 23.5 Å². The van der Waals surface area contributed by atoms with E-state index in [2.05, 4.69) is 48.7 Å². The van der Waals surface area contributed by atoms with Crippen LogP contribution in [0.25, 0.3) is 0 Å². The fourth-order valence-electron chi connectivity index (χ4n) is 5.92. The van der Waals surface area contributed by atoms with Crippen molar-refractivity contribution in [1.82, 2.24) is 9.62 Å². The molecule has 1 aliphatic carbocycles. The van der Waals surface area contributed by atoms with Gasteiger partial charge in [0.25, 0.3) is 5.91 Å². The number of aryl methyl sites for hydroxylation is 1. The van der Waals surface area contributed by atoms with Crippen molar-refractivity contribution < 1.29 is 14.6 Å². The first-order chi connectivity index (χ1) is 19.4. The van der Waals surface area contributed by atoms with Gasteiger partial charge in [0.15, 0.2) is 0 Å². The topological polar surface area (TPSA) is 61.8 Å². The Kier molecular flexibility index (Phi) is 11.8. The van der Waals surface area contributed by atoms with Crippen molar-refractivity contribution in [2.24, 2.45) is 11.8 Å².